The summed E-state index contributed by atoms with van der Waals surface area (Å²) in [5.74, 6) is 1.55. The van der Waals surface area contributed by atoms with Crippen LogP contribution in [0.5, 0.6) is 0 Å². The minimum absolute atomic E-state index is 0. The van der Waals surface area contributed by atoms with E-state index in [1.54, 1.807) is 26.1 Å². The van der Waals surface area contributed by atoms with Crippen LogP contribution >= 0.6 is 24.0 Å². The van der Waals surface area contributed by atoms with Gasteiger partial charge in [-0.15, -0.1) is 24.0 Å². The Bertz CT molecular complexity index is 473. The summed E-state index contributed by atoms with van der Waals surface area (Å²) in [6.07, 6.45) is 12.8. The maximum atomic E-state index is 12.0. The Hall–Kier alpha value is -0.570. The first kappa shape index (κ1) is 25.5. The summed E-state index contributed by atoms with van der Waals surface area (Å²) in [5, 5.41) is 7.08. The van der Waals surface area contributed by atoms with Crippen LogP contribution in [-0.2, 0) is 9.53 Å². The minimum Gasteiger partial charge on any atom is -0.385 e. The van der Waals surface area contributed by atoms with Gasteiger partial charge in [-0.05, 0) is 43.4 Å². The number of likely N-dealkylation sites (N-methyl/N-ethyl adjacent to an activating group) is 1. The molecule has 0 spiro atoms. The molecule has 28 heavy (non-hydrogen) atoms. The van der Waals surface area contributed by atoms with E-state index in [-0.39, 0.29) is 36.4 Å². The van der Waals surface area contributed by atoms with Gasteiger partial charge in [-0.1, -0.05) is 32.1 Å². The average Bonchev–Trinajstić information content (AvgIpc) is 3.15. The highest BCUT2D eigenvalue weighted by Crippen LogP contribution is 2.40. The van der Waals surface area contributed by atoms with Crippen molar-refractivity contribution in [1.82, 2.24) is 15.5 Å². The number of guanidine groups is 1. The first-order valence-electron chi connectivity index (χ1n) is 10.8. The Morgan fingerprint density at radius 3 is 2.39 bits per heavy atom. The predicted molar refractivity (Wildman–Crippen MR) is 126 cm³/mol. The maximum Gasteiger partial charge on any atom is 0.243 e. The summed E-state index contributed by atoms with van der Waals surface area (Å²) < 4.78 is 5.34. The van der Waals surface area contributed by atoms with E-state index in [9.17, 15) is 4.79 Å². The van der Waals surface area contributed by atoms with Crippen molar-refractivity contribution in [3.63, 3.8) is 0 Å². The van der Waals surface area contributed by atoms with Crippen LogP contribution in [0.1, 0.15) is 64.2 Å². The molecule has 0 aromatic rings. The first-order valence-corrected chi connectivity index (χ1v) is 10.8. The summed E-state index contributed by atoms with van der Waals surface area (Å²) in [4.78, 5) is 18.1. The van der Waals surface area contributed by atoms with Crippen LogP contribution in [0.3, 0.4) is 0 Å². The van der Waals surface area contributed by atoms with Crippen molar-refractivity contribution < 1.29 is 9.53 Å². The number of ether oxygens (including phenoxy) is 1. The van der Waals surface area contributed by atoms with E-state index in [1.807, 2.05) is 0 Å². The third-order valence-electron chi connectivity index (χ3n) is 6.29. The van der Waals surface area contributed by atoms with Gasteiger partial charge in [-0.3, -0.25) is 4.79 Å². The highest BCUT2D eigenvalue weighted by molar-refractivity contribution is 14.0. The molecule has 0 aromatic carbocycles. The molecule has 0 saturated heterocycles. The van der Waals surface area contributed by atoms with Gasteiger partial charge < -0.3 is 20.3 Å². The lowest BCUT2D eigenvalue weighted by atomic mass is 9.83. The van der Waals surface area contributed by atoms with Gasteiger partial charge in [0.05, 0.1) is 0 Å². The van der Waals surface area contributed by atoms with E-state index in [4.69, 9.17) is 4.74 Å². The molecule has 2 fully saturated rings. The van der Waals surface area contributed by atoms with Crippen molar-refractivity contribution in [3.05, 3.63) is 0 Å². The highest BCUT2D eigenvalue weighted by Gasteiger charge is 2.33. The number of carbonyl (C=O) groups excluding carboxylic acids is 1. The van der Waals surface area contributed by atoms with Crippen molar-refractivity contribution in [1.29, 1.82) is 0 Å². The number of hydrogen-bond acceptors (Lipinski definition) is 3. The Balaban J connectivity index is 0.00000392. The molecule has 7 heteroatoms. The van der Waals surface area contributed by atoms with Gasteiger partial charge in [0.2, 0.25) is 5.91 Å². The molecule has 0 unspecified atom stereocenters. The lowest BCUT2D eigenvalue weighted by Crippen LogP contribution is -2.45. The standard InChI is InChI=1S/C21H40N4O2.HI/c1-25(2)19(26)16-23-20(22-15-18-9-5-4-6-10-18)24-17-21(13-14-27-3)11-7-8-12-21;/h18H,4-17H2,1-3H3,(H2,22,23,24);1H. The summed E-state index contributed by atoms with van der Waals surface area (Å²) in [7, 11) is 5.33. The van der Waals surface area contributed by atoms with E-state index in [0.29, 0.717) is 5.41 Å². The zero-order valence-electron chi connectivity index (χ0n) is 18.1. The maximum absolute atomic E-state index is 12.0. The fourth-order valence-corrected chi connectivity index (χ4v) is 4.32. The van der Waals surface area contributed by atoms with Crippen molar-refractivity contribution in [2.24, 2.45) is 16.3 Å². The summed E-state index contributed by atoms with van der Waals surface area (Å²) >= 11 is 0. The fourth-order valence-electron chi connectivity index (χ4n) is 4.32. The van der Waals surface area contributed by atoms with Crippen molar-refractivity contribution in [2.45, 2.75) is 64.2 Å². The fraction of sp³-hybridized carbons (Fsp3) is 0.905. The molecule has 0 bridgehead atoms. The second-order valence-electron chi connectivity index (χ2n) is 8.64. The van der Waals surface area contributed by atoms with Gasteiger partial charge in [0, 0.05) is 40.9 Å². The largest absolute Gasteiger partial charge is 0.385 e. The quantitative estimate of drug-likeness (QED) is 0.285. The van der Waals surface area contributed by atoms with Crippen LogP contribution in [-0.4, -0.2) is 64.2 Å². The predicted octanol–water partition coefficient (Wildman–Crippen LogP) is 3.41. The third kappa shape index (κ3) is 8.84. The highest BCUT2D eigenvalue weighted by atomic mass is 127. The van der Waals surface area contributed by atoms with Crippen LogP contribution in [0.15, 0.2) is 4.99 Å². The van der Waals surface area contributed by atoms with Crippen LogP contribution in [0.2, 0.25) is 0 Å². The third-order valence-corrected chi connectivity index (χ3v) is 6.29. The molecule has 2 aliphatic carbocycles. The molecular weight excluding hydrogens is 467 g/mol. The molecule has 6 nitrogen and oxygen atoms in total. The summed E-state index contributed by atoms with van der Waals surface area (Å²) in [5.41, 5.74) is 0.300. The lowest BCUT2D eigenvalue weighted by molar-refractivity contribution is -0.127. The number of hydrogen-bond donors (Lipinski definition) is 2. The Morgan fingerprint density at radius 1 is 1.11 bits per heavy atom. The average molecular weight is 508 g/mol. The molecule has 0 atom stereocenters. The van der Waals surface area contributed by atoms with E-state index >= 15 is 0 Å². The van der Waals surface area contributed by atoms with Gasteiger partial charge in [0.1, 0.15) is 6.54 Å². The molecule has 1 amide bonds. The van der Waals surface area contributed by atoms with Gasteiger partial charge in [-0.25, -0.2) is 4.99 Å². The van der Waals surface area contributed by atoms with Crippen molar-refractivity contribution in [3.8, 4) is 0 Å². The molecule has 2 rings (SSSR count). The number of amides is 1. The number of methoxy groups -OCH3 is 1. The number of aliphatic imine (C=N–C) groups is 1. The second-order valence-corrected chi connectivity index (χ2v) is 8.64. The molecule has 2 saturated carbocycles. The summed E-state index contributed by atoms with van der Waals surface area (Å²) in [6, 6.07) is 0. The zero-order chi connectivity index (χ0) is 19.5. The number of rotatable bonds is 9. The van der Waals surface area contributed by atoms with Crippen LogP contribution in [0.4, 0.5) is 0 Å². The Labute approximate surface area is 188 Å². The number of nitrogens with zero attached hydrogens (tertiary/aromatic N) is 2. The molecule has 2 N–H and O–H groups in total. The monoisotopic (exact) mass is 508 g/mol. The van der Waals surface area contributed by atoms with E-state index < -0.39 is 0 Å². The number of halogens is 1. The smallest absolute Gasteiger partial charge is 0.243 e. The van der Waals surface area contributed by atoms with Gasteiger partial charge in [-0.2, -0.15) is 0 Å². The number of carbonyl (C=O) groups is 1. The molecule has 0 heterocycles. The van der Waals surface area contributed by atoms with E-state index in [1.165, 1.54) is 57.8 Å². The second kappa shape index (κ2) is 13.6. The first-order chi connectivity index (χ1) is 13.0. The van der Waals surface area contributed by atoms with Crippen molar-refractivity contribution in [2.75, 3.05) is 47.4 Å². The van der Waals surface area contributed by atoms with E-state index in [0.717, 1.165) is 38.0 Å². The van der Waals surface area contributed by atoms with Gasteiger partial charge in [0.25, 0.3) is 0 Å². The van der Waals surface area contributed by atoms with Crippen LogP contribution in [0.25, 0.3) is 0 Å². The normalized spacial score (nSPS) is 19.8. The molecule has 0 aliphatic heterocycles. The SMILES string of the molecule is COCCC1(CNC(=NCC(=O)N(C)C)NCC2CCCCC2)CCCC1.I. The molecular formula is C21H41IN4O2. The lowest BCUT2D eigenvalue weighted by Gasteiger charge is -2.30. The topological polar surface area (TPSA) is 66.0 Å². The Morgan fingerprint density at radius 2 is 1.79 bits per heavy atom. The molecule has 0 radical (unpaired) electrons. The zero-order valence-corrected chi connectivity index (χ0v) is 20.4. The molecule has 2 aliphatic rings. The van der Waals surface area contributed by atoms with Crippen LogP contribution in [0, 0.1) is 11.3 Å². The molecule has 0 aromatic heterocycles. The number of nitrogens with one attached hydrogen (secondary N) is 2. The van der Waals surface area contributed by atoms with Crippen LogP contribution < -0.4 is 10.6 Å². The van der Waals surface area contributed by atoms with E-state index in [2.05, 4.69) is 15.6 Å². The van der Waals surface area contributed by atoms with Gasteiger partial charge in [0.15, 0.2) is 5.96 Å². The van der Waals surface area contributed by atoms with Crippen molar-refractivity contribution >= 4 is 35.8 Å². The molecule has 164 valence electrons. The Kier molecular flexibility index (Phi) is 12.4. The summed E-state index contributed by atoms with van der Waals surface area (Å²) in [6.45, 7) is 2.86. The van der Waals surface area contributed by atoms with Gasteiger partial charge >= 0.3 is 0 Å². The minimum atomic E-state index is 0.